The lowest BCUT2D eigenvalue weighted by Gasteiger charge is -2.17. The minimum absolute atomic E-state index is 0.0182. The Bertz CT molecular complexity index is 841. The summed E-state index contributed by atoms with van der Waals surface area (Å²) < 4.78 is 10.8. The third-order valence-corrected chi connectivity index (χ3v) is 4.58. The molecule has 24 heavy (non-hydrogen) atoms. The average molecular weight is 320 g/mol. The number of likely N-dealkylation sites (tertiary alicyclic amines) is 1. The highest BCUT2D eigenvalue weighted by Gasteiger charge is 2.29. The zero-order valence-corrected chi connectivity index (χ0v) is 13.1. The number of hydrogen-bond acceptors (Lipinski definition) is 4. The second-order valence-electron chi connectivity index (χ2n) is 6.04. The monoisotopic (exact) mass is 320 g/mol. The van der Waals surface area contributed by atoms with Gasteiger partial charge in [-0.1, -0.05) is 12.1 Å². The van der Waals surface area contributed by atoms with E-state index in [0.717, 1.165) is 17.9 Å². The Hall–Kier alpha value is -3.00. The van der Waals surface area contributed by atoms with Gasteiger partial charge in [-0.25, -0.2) is 0 Å². The highest BCUT2D eigenvalue weighted by atomic mass is 16.7. The summed E-state index contributed by atoms with van der Waals surface area (Å²) >= 11 is 0. The van der Waals surface area contributed by atoms with E-state index in [4.69, 9.17) is 14.7 Å². The minimum atomic E-state index is -0.0182. The van der Waals surface area contributed by atoms with E-state index >= 15 is 0 Å². The lowest BCUT2D eigenvalue weighted by molar-refractivity contribution is 0.0790. The molecule has 2 aliphatic heterocycles. The van der Waals surface area contributed by atoms with Gasteiger partial charge in [0.1, 0.15) is 0 Å². The number of fused-ring (bicyclic) bond motifs is 1. The number of amides is 1. The molecule has 1 atom stereocenters. The molecule has 2 aliphatic rings. The summed E-state index contributed by atoms with van der Waals surface area (Å²) in [6.45, 7) is 1.66. The quantitative estimate of drug-likeness (QED) is 0.853. The largest absolute Gasteiger partial charge is 0.454 e. The summed E-state index contributed by atoms with van der Waals surface area (Å²) in [4.78, 5) is 14.5. The molecule has 0 aromatic heterocycles. The Morgan fingerprint density at radius 1 is 1.17 bits per heavy atom. The van der Waals surface area contributed by atoms with E-state index in [1.807, 2.05) is 23.1 Å². The van der Waals surface area contributed by atoms with Crippen LogP contribution in [-0.4, -0.2) is 30.7 Å². The summed E-state index contributed by atoms with van der Waals surface area (Å²) in [5, 5.41) is 8.98. The standard InChI is InChI=1S/C19H16N2O3/c20-10-13-2-1-3-15(8-13)19(22)21-7-6-16(11-21)14-4-5-17-18(9-14)24-12-23-17/h1-5,8-9,16H,6-7,11-12H2. The Morgan fingerprint density at radius 3 is 2.92 bits per heavy atom. The van der Waals surface area contributed by atoms with Gasteiger partial charge in [-0.3, -0.25) is 4.79 Å². The Labute approximate surface area is 140 Å². The fourth-order valence-electron chi connectivity index (χ4n) is 3.29. The smallest absolute Gasteiger partial charge is 0.253 e. The fourth-order valence-corrected chi connectivity index (χ4v) is 3.29. The number of nitriles is 1. The SMILES string of the molecule is N#Cc1cccc(C(=O)N2CCC(c3ccc4c(c3)OCO4)C2)c1. The first-order valence-electron chi connectivity index (χ1n) is 7.93. The van der Waals surface area contributed by atoms with E-state index in [-0.39, 0.29) is 12.7 Å². The van der Waals surface area contributed by atoms with Crippen molar-refractivity contribution >= 4 is 5.91 Å². The molecule has 1 fully saturated rings. The van der Waals surface area contributed by atoms with Crippen molar-refractivity contribution in [2.45, 2.75) is 12.3 Å². The zero-order chi connectivity index (χ0) is 16.5. The molecule has 1 amide bonds. The molecule has 1 unspecified atom stereocenters. The van der Waals surface area contributed by atoms with Crippen LogP contribution in [0.2, 0.25) is 0 Å². The van der Waals surface area contributed by atoms with Gasteiger partial charge >= 0.3 is 0 Å². The highest BCUT2D eigenvalue weighted by molar-refractivity contribution is 5.94. The van der Waals surface area contributed by atoms with Gasteiger partial charge in [0.2, 0.25) is 6.79 Å². The molecule has 0 spiro atoms. The first-order chi connectivity index (χ1) is 11.7. The van der Waals surface area contributed by atoms with Gasteiger partial charge in [-0.2, -0.15) is 5.26 Å². The van der Waals surface area contributed by atoms with Crippen LogP contribution in [0.4, 0.5) is 0 Å². The first-order valence-corrected chi connectivity index (χ1v) is 7.93. The molecule has 0 bridgehead atoms. The molecule has 0 N–H and O–H groups in total. The van der Waals surface area contributed by atoms with Crippen LogP contribution in [0, 0.1) is 11.3 Å². The van der Waals surface area contributed by atoms with Gasteiger partial charge in [0, 0.05) is 24.6 Å². The third-order valence-electron chi connectivity index (χ3n) is 4.58. The summed E-state index contributed by atoms with van der Waals surface area (Å²) in [6, 6.07) is 14.9. The number of nitrogens with zero attached hydrogens (tertiary/aromatic N) is 2. The van der Waals surface area contributed by atoms with Crippen LogP contribution >= 0.6 is 0 Å². The van der Waals surface area contributed by atoms with Gasteiger partial charge in [0.25, 0.3) is 5.91 Å². The van der Waals surface area contributed by atoms with Crippen molar-refractivity contribution in [2.75, 3.05) is 19.9 Å². The maximum absolute atomic E-state index is 12.7. The molecular formula is C19H16N2O3. The molecule has 0 aliphatic carbocycles. The van der Waals surface area contributed by atoms with Crippen LogP contribution in [0.5, 0.6) is 11.5 Å². The van der Waals surface area contributed by atoms with Crippen molar-refractivity contribution in [3.05, 3.63) is 59.2 Å². The summed E-state index contributed by atoms with van der Waals surface area (Å²) in [7, 11) is 0. The Morgan fingerprint density at radius 2 is 2.04 bits per heavy atom. The molecule has 4 rings (SSSR count). The zero-order valence-electron chi connectivity index (χ0n) is 13.1. The van der Waals surface area contributed by atoms with Crippen LogP contribution in [0.15, 0.2) is 42.5 Å². The molecule has 5 heteroatoms. The number of benzene rings is 2. The van der Waals surface area contributed by atoms with Crippen LogP contribution < -0.4 is 9.47 Å². The van der Waals surface area contributed by atoms with Crippen LogP contribution in [-0.2, 0) is 0 Å². The average Bonchev–Trinajstić information content (AvgIpc) is 3.29. The molecule has 0 radical (unpaired) electrons. The second-order valence-corrected chi connectivity index (χ2v) is 6.04. The summed E-state index contributed by atoms with van der Waals surface area (Å²) in [6.07, 6.45) is 0.920. The van der Waals surface area contributed by atoms with Crippen molar-refractivity contribution in [2.24, 2.45) is 0 Å². The predicted octanol–water partition coefficient (Wildman–Crippen LogP) is 2.92. The molecule has 2 heterocycles. The van der Waals surface area contributed by atoms with Gasteiger partial charge < -0.3 is 14.4 Å². The van der Waals surface area contributed by atoms with Gasteiger partial charge in [0.15, 0.2) is 11.5 Å². The summed E-state index contributed by atoms with van der Waals surface area (Å²) in [5.74, 6) is 1.83. The van der Waals surface area contributed by atoms with Gasteiger partial charge in [-0.15, -0.1) is 0 Å². The van der Waals surface area contributed by atoms with Crippen LogP contribution in [0.3, 0.4) is 0 Å². The molecule has 120 valence electrons. The molecular weight excluding hydrogens is 304 g/mol. The number of rotatable bonds is 2. The van der Waals surface area contributed by atoms with Gasteiger partial charge in [0.05, 0.1) is 11.6 Å². The molecule has 2 aromatic rings. The van der Waals surface area contributed by atoms with E-state index in [2.05, 4.69) is 6.07 Å². The number of ether oxygens (including phenoxy) is 2. The van der Waals surface area contributed by atoms with E-state index in [1.165, 1.54) is 5.56 Å². The van der Waals surface area contributed by atoms with Crippen molar-refractivity contribution in [3.63, 3.8) is 0 Å². The van der Waals surface area contributed by atoms with Crippen molar-refractivity contribution in [1.29, 1.82) is 5.26 Å². The predicted molar refractivity (Wildman–Crippen MR) is 87.0 cm³/mol. The fraction of sp³-hybridized carbons (Fsp3) is 0.263. The van der Waals surface area contributed by atoms with Crippen molar-refractivity contribution in [3.8, 4) is 17.6 Å². The molecule has 1 saturated heterocycles. The Balaban J connectivity index is 1.50. The minimum Gasteiger partial charge on any atom is -0.454 e. The summed E-state index contributed by atoms with van der Waals surface area (Å²) in [5.41, 5.74) is 2.24. The normalized spacial score (nSPS) is 18.5. The van der Waals surface area contributed by atoms with E-state index in [0.29, 0.717) is 30.1 Å². The topological polar surface area (TPSA) is 62.6 Å². The molecule has 2 aromatic carbocycles. The lowest BCUT2D eigenvalue weighted by atomic mass is 9.98. The van der Waals surface area contributed by atoms with E-state index in [9.17, 15) is 4.79 Å². The first kappa shape index (κ1) is 14.6. The number of carbonyl (C=O) groups is 1. The highest BCUT2D eigenvalue weighted by Crippen LogP contribution is 2.37. The Kier molecular flexibility index (Phi) is 3.58. The maximum Gasteiger partial charge on any atom is 0.253 e. The number of hydrogen-bond donors (Lipinski definition) is 0. The molecule has 0 saturated carbocycles. The van der Waals surface area contributed by atoms with Gasteiger partial charge in [-0.05, 0) is 42.3 Å². The molecule has 5 nitrogen and oxygen atoms in total. The van der Waals surface area contributed by atoms with E-state index < -0.39 is 0 Å². The van der Waals surface area contributed by atoms with Crippen LogP contribution in [0.1, 0.15) is 33.8 Å². The number of carbonyl (C=O) groups excluding carboxylic acids is 1. The second kappa shape index (κ2) is 5.89. The van der Waals surface area contributed by atoms with Crippen molar-refractivity contribution < 1.29 is 14.3 Å². The third kappa shape index (κ3) is 2.56. The van der Waals surface area contributed by atoms with Crippen molar-refractivity contribution in [1.82, 2.24) is 4.90 Å². The maximum atomic E-state index is 12.7. The van der Waals surface area contributed by atoms with Crippen LogP contribution in [0.25, 0.3) is 0 Å². The lowest BCUT2D eigenvalue weighted by Crippen LogP contribution is -2.28. The van der Waals surface area contributed by atoms with E-state index in [1.54, 1.807) is 24.3 Å².